The van der Waals surface area contributed by atoms with Crippen molar-refractivity contribution in [1.82, 2.24) is 4.98 Å². The summed E-state index contributed by atoms with van der Waals surface area (Å²) in [5, 5.41) is 0. The molecule has 0 atom stereocenters. The van der Waals surface area contributed by atoms with Gasteiger partial charge in [-0.25, -0.2) is 4.98 Å². The molecule has 0 bridgehead atoms. The van der Waals surface area contributed by atoms with Gasteiger partial charge in [-0.2, -0.15) is 13.2 Å². The molecular weight excluding hydrogens is 287 g/mol. The third kappa shape index (κ3) is 4.29. The van der Waals surface area contributed by atoms with Crippen molar-refractivity contribution in [2.45, 2.75) is 13.1 Å². The minimum Gasteiger partial charge on any atom is -0.245 e. The van der Waals surface area contributed by atoms with Crippen molar-refractivity contribution in [2.75, 3.05) is 0 Å². The molecule has 0 fully saturated rings. The van der Waals surface area contributed by atoms with Crippen molar-refractivity contribution in [3.05, 3.63) is 65.0 Å². The van der Waals surface area contributed by atoms with Crippen LogP contribution in [0.15, 0.2) is 42.5 Å². The van der Waals surface area contributed by atoms with E-state index in [0.717, 1.165) is 17.8 Å². The quantitative estimate of drug-likeness (QED) is 0.663. The zero-order valence-electron chi connectivity index (χ0n) is 10.5. The van der Waals surface area contributed by atoms with Gasteiger partial charge in [-0.05, 0) is 43.2 Å². The summed E-state index contributed by atoms with van der Waals surface area (Å²) < 4.78 is 37.6. The van der Waals surface area contributed by atoms with Gasteiger partial charge in [0.15, 0.2) is 0 Å². The molecule has 20 heavy (non-hydrogen) atoms. The Morgan fingerprint density at radius 1 is 1.00 bits per heavy atom. The van der Waals surface area contributed by atoms with Crippen molar-refractivity contribution >= 4 is 12.4 Å². The third-order valence-electron chi connectivity index (χ3n) is 2.41. The molecule has 1 aromatic carbocycles. The van der Waals surface area contributed by atoms with Crippen molar-refractivity contribution in [1.29, 1.82) is 0 Å². The van der Waals surface area contributed by atoms with Gasteiger partial charge in [-0.1, -0.05) is 18.1 Å². The van der Waals surface area contributed by atoms with Gasteiger partial charge in [0.2, 0.25) is 0 Å². The van der Waals surface area contributed by atoms with Gasteiger partial charge in [0, 0.05) is 11.3 Å². The van der Waals surface area contributed by atoms with E-state index in [0.29, 0.717) is 11.3 Å². The number of rotatable bonds is 0. The molecule has 0 amide bonds. The van der Waals surface area contributed by atoms with E-state index in [1.54, 1.807) is 12.1 Å². The van der Waals surface area contributed by atoms with Gasteiger partial charge in [0.05, 0.1) is 5.56 Å². The molecule has 0 aliphatic carbocycles. The van der Waals surface area contributed by atoms with Crippen LogP contribution in [-0.2, 0) is 6.18 Å². The number of alkyl halides is 3. The number of nitrogens with zero attached hydrogens (tertiary/aromatic N) is 1. The topological polar surface area (TPSA) is 12.9 Å². The van der Waals surface area contributed by atoms with E-state index in [4.69, 9.17) is 0 Å². The molecule has 5 heteroatoms. The zero-order chi connectivity index (χ0) is 13.9. The van der Waals surface area contributed by atoms with Gasteiger partial charge < -0.3 is 0 Å². The highest BCUT2D eigenvalue weighted by Gasteiger charge is 2.30. The van der Waals surface area contributed by atoms with Gasteiger partial charge in [0.1, 0.15) is 5.69 Å². The van der Waals surface area contributed by atoms with Crippen LogP contribution in [0.4, 0.5) is 13.2 Å². The molecule has 2 aromatic rings. The van der Waals surface area contributed by atoms with E-state index in [-0.39, 0.29) is 12.4 Å². The van der Waals surface area contributed by atoms with Gasteiger partial charge >= 0.3 is 6.18 Å². The van der Waals surface area contributed by atoms with Crippen LogP contribution >= 0.6 is 12.4 Å². The van der Waals surface area contributed by atoms with E-state index >= 15 is 0 Å². The number of aromatic nitrogens is 1. The summed E-state index contributed by atoms with van der Waals surface area (Å²) in [5.41, 5.74) is 0.975. The lowest BCUT2D eigenvalue weighted by Crippen LogP contribution is -2.04. The Balaban J connectivity index is 0.00000200. The molecule has 0 spiro atoms. The average molecular weight is 298 g/mol. The summed E-state index contributed by atoms with van der Waals surface area (Å²) in [5.74, 6) is 5.44. The standard InChI is InChI=1S/C15H10F3N.ClH/c1-11-4-2-7-14(19-11)9-8-12-5-3-6-13(10-12)15(16,17)18;/h2-7,10H,1H3;1H. The maximum absolute atomic E-state index is 12.5. The Kier molecular flexibility index (Phi) is 5.18. The lowest BCUT2D eigenvalue weighted by atomic mass is 10.1. The normalized spacial score (nSPS) is 10.2. The largest absolute Gasteiger partial charge is 0.416 e. The maximum Gasteiger partial charge on any atom is 0.416 e. The second kappa shape index (κ2) is 6.44. The summed E-state index contributed by atoms with van der Waals surface area (Å²) >= 11 is 0. The SMILES string of the molecule is Cc1cccc(C#Cc2cccc(C(F)(F)F)c2)n1.Cl. The Bertz CT molecular complexity index is 654. The van der Waals surface area contributed by atoms with Crippen molar-refractivity contribution < 1.29 is 13.2 Å². The highest BCUT2D eigenvalue weighted by molar-refractivity contribution is 5.85. The lowest BCUT2D eigenvalue weighted by Gasteiger charge is -2.05. The number of hydrogen-bond donors (Lipinski definition) is 0. The molecule has 1 aromatic heterocycles. The smallest absolute Gasteiger partial charge is 0.245 e. The first-order valence-electron chi connectivity index (χ1n) is 5.58. The van der Waals surface area contributed by atoms with Crippen LogP contribution in [0.2, 0.25) is 0 Å². The van der Waals surface area contributed by atoms with Crippen LogP contribution in [0, 0.1) is 18.8 Å². The summed E-state index contributed by atoms with van der Waals surface area (Å²) in [6, 6.07) is 10.3. The Hall–Kier alpha value is -1.99. The number of aryl methyl sites for hydroxylation is 1. The molecule has 0 radical (unpaired) electrons. The highest BCUT2D eigenvalue weighted by Crippen LogP contribution is 2.29. The molecule has 1 nitrogen and oxygen atoms in total. The van der Waals surface area contributed by atoms with E-state index in [9.17, 15) is 13.2 Å². The van der Waals surface area contributed by atoms with Crippen molar-refractivity contribution in [2.24, 2.45) is 0 Å². The molecule has 0 unspecified atom stereocenters. The summed E-state index contributed by atoms with van der Waals surface area (Å²) in [6.07, 6.45) is -4.35. The van der Waals surface area contributed by atoms with Crippen LogP contribution in [0.25, 0.3) is 0 Å². The second-order valence-corrected chi connectivity index (χ2v) is 3.99. The zero-order valence-corrected chi connectivity index (χ0v) is 11.3. The van der Waals surface area contributed by atoms with E-state index in [1.165, 1.54) is 12.1 Å². The molecule has 0 saturated heterocycles. The fourth-order valence-corrected chi connectivity index (χ4v) is 1.52. The molecule has 104 valence electrons. The minimum absolute atomic E-state index is 0. The number of pyridine rings is 1. The Morgan fingerprint density at radius 2 is 1.70 bits per heavy atom. The van der Waals surface area contributed by atoms with E-state index in [2.05, 4.69) is 16.8 Å². The van der Waals surface area contributed by atoms with Crippen LogP contribution in [0.1, 0.15) is 22.5 Å². The van der Waals surface area contributed by atoms with E-state index < -0.39 is 11.7 Å². The molecule has 0 aliphatic heterocycles. The monoisotopic (exact) mass is 297 g/mol. The van der Waals surface area contributed by atoms with Gasteiger partial charge in [-0.15, -0.1) is 12.4 Å². The van der Waals surface area contributed by atoms with Crippen molar-refractivity contribution in [3.8, 4) is 11.8 Å². The maximum atomic E-state index is 12.5. The molecule has 0 saturated carbocycles. The van der Waals surface area contributed by atoms with Crippen LogP contribution in [0.3, 0.4) is 0 Å². The Morgan fingerprint density at radius 3 is 2.35 bits per heavy atom. The summed E-state index contributed by atoms with van der Waals surface area (Å²) in [7, 11) is 0. The fourth-order valence-electron chi connectivity index (χ4n) is 1.52. The first kappa shape index (κ1) is 16.1. The number of halogens is 4. The van der Waals surface area contributed by atoms with Crippen LogP contribution in [0.5, 0.6) is 0 Å². The summed E-state index contributed by atoms with van der Waals surface area (Å²) in [4.78, 5) is 4.16. The van der Waals surface area contributed by atoms with E-state index in [1.807, 2.05) is 13.0 Å². The fraction of sp³-hybridized carbons (Fsp3) is 0.133. The van der Waals surface area contributed by atoms with Gasteiger partial charge in [0.25, 0.3) is 0 Å². The second-order valence-electron chi connectivity index (χ2n) is 3.99. The molecule has 0 N–H and O–H groups in total. The third-order valence-corrected chi connectivity index (χ3v) is 2.41. The molecule has 2 rings (SSSR count). The minimum atomic E-state index is -4.35. The highest BCUT2D eigenvalue weighted by atomic mass is 35.5. The average Bonchev–Trinajstić information content (AvgIpc) is 2.36. The van der Waals surface area contributed by atoms with Crippen molar-refractivity contribution in [3.63, 3.8) is 0 Å². The Labute approximate surface area is 121 Å². The lowest BCUT2D eigenvalue weighted by molar-refractivity contribution is -0.137. The summed E-state index contributed by atoms with van der Waals surface area (Å²) in [6.45, 7) is 1.83. The van der Waals surface area contributed by atoms with Crippen LogP contribution in [-0.4, -0.2) is 4.98 Å². The van der Waals surface area contributed by atoms with Crippen LogP contribution < -0.4 is 0 Å². The predicted octanol–water partition coefficient (Wildman–Crippen LogP) is 4.23. The number of hydrogen-bond acceptors (Lipinski definition) is 1. The predicted molar refractivity (Wildman–Crippen MR) is 73.6 cm³/mol. The first-order valence-corrected chi connectivity index (χ1v) is 5.58. The van der Waals surface area contributed by atoms with Gasteiger partial charge in [-0.3, -0.25) is 0 Å². The molecule has 1 heterocycles. The molecular formula is C15H11ClF3N. The number of benzene rings is 1. The molecule has 0 aliphatic rings. The first-order chi connectivity index (χ1) is 8.95.